The van der Waals surface area contributed by atoms with Crippen molar-refractivity contribution >= 4 is 5.91 Å². The fraction of sp³-hybridized carbons (Fsp3) is 0.375. The highest BCUT2D eigenvalue weighted by Crippen LogP contribution is 2.30. The van der Waals surface area contributed by atoms with Crippen molar-refractivity contribution in [2.45, 2.75) is 31.8 Å². The highest BCUT2D eigenvalue weighted by Gasteiger charge is 2.28. The second-order valence-corrected chi connectivity index (χ2v) is 5.42. The zero-order chi connectivity index (χ0) is 15.4. The Kier molecular flexibility index (Phi) is 4.27. The van der Waals surface area contributed by atoms with Gasteiger partial charge in [-0.2, -0.15) is 0 Å². The summed E-state index contributed by atoms with van der Waals surface area (Å²) in [7, 11) is 0. The molecule has 114 valence electrons. The molecule has 0 saturated carbocycles. The van der Waals surface area contributed by atoms with Gasteiger partial charge < -0.3 is 4.90 Å². The van der Waals surface area contributed by atoms with E-state index in [1.165, 1.54) is 10.8 Å². The number of rotatable bonds is 3. The van der Waals surface area contributed by atoms with Crippen LogP contribution in [0.2, 0.25) is 0 Å². The molecule has 22 heavy (non-hydrogen) atoms. The number of carbonyl (C=O) groups excluding carboxylic acids is 1. The van der Waals surface area contributed by atoms with Crippen LogP contribution in [0, 0.1) is 0 Å². The fourth-order valence-corrected chi connectivity index (χ4v) is 2.89. The molecule has 3 heterocycles. The third-order valence-electron chi connectivity index (χ3n) is 3.98. The molecule has 3 rings (SSSR count). The molecule has 2 aromatic rings. The van der Waals surface area contributed by atoms with Crippen LogP contribution < -0.4 is 5.69 Å². The lowest BCUT2D eigenvalue weighted by Crippen LogP contribution is -2.41. The van der Waals surface area contributed by atoms with E-state index in [4.69, 9.17) is 0 Å². The van der Waals surface area contributed by atoms with E-state index in [-0.39, 0.29) is 18.5 Å². The number of carbonyl (C=O) groups is 1. The molecule has 1 aliphatic heterocycles. The summed E-state index contributed by atoms with van der Waals surface area (Å²) >= 11 is 0. The summed E-state index contributed by atoms with van der Waals surface area (Å²) in [5, 5.41) is 0. The zero-order valence-electron chi connectivity index (χ0n) is 12.3. The van der Waals surface area contributed by atoms with Gasteiger partial charge in [0, 0.05) is 31.3 Å². The van der Waals surface area contributed by atoms with Crippen LogP contribution in [0.3, 0.4) is 0 Å². The van der Waals surface area contributed by atoms with Gasteiger partial charge in [-0.25, -0.2) is 9.78 Å². The van der Waals surface area contributed by atoms with Gasteiger partial charge in [0.05, 0.1) is 6.04 Å². The zero-order valence-corrected chi connectivity index (χ0v) is 12.3. The maximum Gasteiger partial charge on any atom is 0.347 e. The maximum absolute atomic E-state index is 12.6. The third-order valence-corrected chi connectivity index (χ3v) is 3.98. The number of likely N-dealkylation sites (tertiary alicyclic amines) is 1. The molecule has 1 atom stereocenters. The third kappa shape index (κ3) is 3.05. The smallest absolute Gasteiger partial charge is 0.334 e. The van der Waals surface area contributed by atoms with E-state index in [1.54, 1.807) is 18.5 Å². The lowest BCUT2D eigenvalue weighted by atomic mass is 9.96. The number of pyridine rings is 1. The van der Waals surface area contributed by atoms with Crippen molar-refractivity contribution in [1.82, 2.24) is 19.4 Å². The van der Waals surface area contributed by atoms with Gasteiger partial charge in [0.2, 0.25) is 5.91 Å². The topological polar surface area (TPSA) is 68.1 Å². The van der Waals surface area contributed by atoms with Crippen LogP contribution in [-0.2, 0) is 11.3 Å². The first-order valence-corrected chi connectivity index (χ1v) is 7.46. The van der Waals surface area contributed by atoms with Gasteiger partial charge in [0.1, 0.15) is 6.54 Å². The Morgan fingerprint density at radius 2 is 2.18 bits per heavy atom. The van der Waals surface area contributed by atoms with Gasteiger partial charge in [-0.05, 0) is 37.0 Å². The number of amides is 1. The summed E-state index contributed by atoms with van der Waals surface area (Å²) < 4.78 is 1.34. The summed E-state index contributed by atoms with van der Waals surface area (Å²) in [6.07, 6.45) is 9.58. The van der Waals surface area contributed by atoms with E-state index < -0.39 is 5.69 Å². The molecule has 0 radical (unpaired) electrons. The van der Waals surface area contributed by atoms with Crippen molar-refractivity contribution in [3.05, 3.63) is 59.0 Å². The Balaban J connectivity index is 1.80. The SMILES string of the molecule is O=C(Cn1cccnc1=O)N1CCCC[C@H]1c1cccnc1. The molecule has 6 nitrogen and oxygen atoms in total. The van der Waals surface area contributed by atoms with Gasteiger partial charge >= 0.3 is 5.69 Å². The van der Waals surface area contributed by atoms with Crippen LogP contribution in [0.5, 0.6) is 0 Å². The second kappa shape index (κ2) is 6.51. The first kappa shape index (κ1) is 14.4. The van der Waals surface area contributed by atoms with E-state index in [2.05, 4.69) is 9.97 Å². The van der Waals surface area contributed by atoms with Crippen molar-refractivity contribution < 1.29 is 4.79 Å². The van der Waals surface area contributed by atoms with Crippen LogP contribution in [0.4, 0.5) is 0 Å². The number of hydrogen-bond donors (Lipinski definition) is 0. The monoisotopic (exact) mass is 298 g/mol. The molecule has 0 bridgehead atoms. The Morgan fingerprint density at radius 1 is 1.27 bits per heavy atom. The molecule has 1 fully saturated rings. The van der Waals surface area contributed by atoms with E-state index in [9.17, 15) is 9.59 Å². The molecule has 0 unspecified atom stereocenters. The summed E-state index contributed by atoms with van der Waals surface area (Å²) in [5.41, 5.74) is 0.653. The number of nitrogens with zero attached hydrogens (tertiary/aromatic N) is 4. The average molecular weight is 298 g/mol. The van der Waals surface area contributed by atoms with Crippen molar-refractivity contribution in [2.24, 2.45) is 0 Å². The van der Waals surface area contributed by atoms with E-state index >= 15 is 0 Å². The van der Waals surface area contributed by atoms with E-state index in [0.717, 1.165) is 24.8 Å². The minimum absolute atomic E-state index is 0.0312. The maximum atomic E-state index is 12.6. The lowest BCUT2D eigenvalue weighted by molar-refractivity contribution is -0.135. The minimum atomic E-state index is -0.397. The standard InChI is InChI=1S/C16H18N4O2/c21-15(12-19-9-4-8-18-16(19)22)20-10-2-1-6-14(20)13-5-3-7-17-11-13/h3-5,7-9,11,14H,1-2,6,10,12H2/t14-/m0/s1. The predicted molar refractivity (Wildman–Crippen MR) is 81.0 cm³/mol. The van der Waals surface area contributed by atoms with Crippen LogP contribution in [0.1, 0.15) is 30.9 Å². The van der Waals surface area contributed by atoms with E-state index in [0.29, 0.717) is 6.54 Å². The van der Waals surface area contributed by atoms with Gasteiger partial charge in [-0.15, -0.1) is 0 Å². The molecule has 6 heteroatoms. The molecule has 1 amide bonds. The molecule has 2 aromatic heterocycles. The van der Waals surface area contributed by atoms with Crippen molar-refractivity contribution in [3.63, 3.8) is 0 Å². The Morgan fingerprint density at radius 3 is 2.95 bits per heavy atom. The summed E-state index contributed by atoms with van der Waals surface area (Å²) in [4.78, 5) is 34.0. The molecule has 0 N–H and O–H groups in total. The largest absolute Gasteiger partial charge is 0.347 e. The molecular formula is C16H18N4O2. The van der Waals surface area contributed by atoms with Gasteiger partial charge in [-0.3, -0.25) is 14.3 Å². The fourth-order valence-electron chi connectivity index (χ4n) is 2.89. The minimum Gasteiger partial charge on any atom is -0.334 e. The van der Waals surface area contributed by atoms with Crippen LogP contribution >= 0.6 is 0 Å². The molecule has 0 aromatic carbocycles. The van der Waals surface area contributed by atoms with Gasteiger partial charge in [0.25, 0.3) is 0 Å². The van der Waals surface area contributed by atoms with Crippen LogP contribution in [0.15, 0.2) is 47.8 Å². The Hall–Kier alpha value is -2.50. The predicted octanol–water partition coefficient (Wildman–Crippen LogP) is 1.39. The van der Waals surface area contributed by atoms with Crippen LogP contribution in [0.25, 0.3) is 0 Å². The summed E-state index contributed by atoms with van der Waals surface area (Å²) in [6, 6.07) is 5.59. The van der Waals surface area contributed by atoms with Gasteiger partial charge in [0.15, 0.2) is 0 Å². The molecular weight excluding hydrogens is 280 g/mol. The number of hydrogen-bond acceptors (Lipinski definition) is 4. The normalized spacial score (nSPS) is 18.2. The van der Waals surface area contributed by atoms with E-state index in [1.807, 2.05) is 23.2 Å². The van der Waals surface area contributed by atoms with Crippen molar-refractivity contribution in [2.75, 3.05) is 6.54 Å². The summed E-state index contributed by atoms with van der Waals surface area (Å²) in [6.45, 7) is 0.747. The Bertz CT molecular complexity index is 699. The molecule has 0 aliphatic carbocycles. The molecule has 0 spiro atoms. The van der Waals surface area contributed by atoms with Crippen molar-refractivity contribution in [3.8, 4) is 0 Å². The number of aromatic nitrogens is 3. The highest BCUT2D eigenvalue weighted by molar-refractivity contribution is 5.76. The lowest BCUT2D eigenvalue weighted by Gasteiger charge is -2.36. The first-order chi connectivity index (χ1) is 10.8. The number of piperidine rings is 1. The van der Waals surface area contributed by atoms with Crippen LogP contribution in [-0.4, -0.2) is 31.9 Å². The first-order valence-electron chi connectivity index (χ1n) is 7.46. The van der Waals surface area contributed by atoms with Gasteiger partial charge in [-0.1, -0.05) is 6.07 Å². The quantitative estimate of drug-likeness (QED) is 0.859. The van der Waals surface area contributed by atoms with Crippen molar-refractivity contribution in [1.29, 1.82) is 0 Å². The molecule has 1 aliphatic rings. The molecule has 1 saturated heterocycles. The highest BCUT2D eigenvalue weighted by atomic mass is 16.2. The average Bonchev–Trinajstić information content (AvgIpc) is 2.58. The Labute approximate surface area is 128 Å². The summed E-state index contributed by atoms with van der Waals surface area (Å²) in [5.74, 6) is -0.0522. The second-order valence-electron chi connectivity index (χ2n) is 5.42.